The maximum Gasteiger partial charge on any atom is 0.244 e. The Hall–Kier alpha value is -1.07. The van der Waals surface area contributed by atoms with E-state index in [4.69, 9.17) is 4.74 Å². The van der Waals surface area contributed by atoms with Crippen LogP contribution >= 0.6 is 0 Å². The van der Waals surface area contributed by atoms with Gasteiger partial charge in [0.05, 0.1) is 6.61 Å². The Morgan fingerprint density at radius 3 is 2.37 bits per heavy atom. The van der Waals surface area contributed by atoms with Crippen LogP contribution in [0.5, 0.6) is 5.75 Å². The molecule has 0 atom stereocenters. The minimum atomic E-state index is -3.51. The van der Waals surface area contributed by atoms with Gasteiger partial charge in [0.25, 0.3) is 0 Å². The van der Waals surface area contributed by atoms with E-state index in [-0.39, 0.29) is 10.8 Å². The summed E-state index contributed by atoms with van der Waals surface area (Å²) >= 11 is 0. The molecule has 0 aliphatic heterocycles. The molecular formula is C14H23NO3S. The molecule has 0 spiro atoms. The Labute approximate surface area is 116 Å². The van der Waals surface area contributed by atoms with Gasteiger partial charge in [0.15, 0.2) is 0 Å². The van der Waals surface area contributed by atoms with Gasteiger partial charge in [-0.1, -0.05) is 20.8 Å². The van der Waals surface area contributed by atoms with Crippen molar-refractivity contribution in [2.45, 2.75) is 45.4 Å². The largest absolute Gasteiger partial charge is 0.492 e. The number of sulfonamides is 1. The highest BCUT2D eigenvalue weighted by molar-refractivity contribution is 7.89. The topological polar surface area (TPSA) is 55.4 Å². The Bertz CT molecular complexity index is 536. The molecular weight excluding hydrogens is 262 g/mol. The van der Waals surface area contributed by atoms with Gasteiger partial charge < -0.3 is 4.74 Å². The number of benzene rings is 1. The van der Waals surface area contributed by atoms with E-state index in [0.717, 1.165) is 11.1 Å². The highest BCUT2D eigenvalue weighted by Gasteiger charge is 2.21. The molecule has 0 aliphatic carbocycles. The van der Waals surface area contributed by atoms with E-state index < -0.39 is 10.0 Å². The number of rotatable bonds is 6. The first-order chi connectivity index (χ1) is 8.83. The molecule has 0 unspecified atom stereocenters. The molecule has 0 aromatic heterocycles. The predicted octanol–water partition coefficient (Wildman–Crippen LogP) is 2.82. The first-order valence-corrected chi connectivity index (χ1v) is 8.08. The maximum atomic E-state index is 12.2. The summed E-state index contributed by atoms with van der Waals surface area (Å²) in [5.41, 5.74) is 2.08. The van der Waals surface area contributed by atoms with Crippen molar-refractivity contribution in [3.63, 3.8) is 0 Å². The van der Waals surface area contributed by atoms with Crippen LogP contribution in [0, 0.1) is 6.92 Å². The molecule has 1 N–H and O–H groups in total. The molecule has 1 aromatic rings. The van der Waals surface area contributed by atoms with Crippen LogP contribution in [0.25, 0.3) is 0 Å². The summed E-state index contributed by atoms with van der Waals surface area (Å²) in [6.07, 6.45) is 0. The lowest BCUT2D eigenvalue weighted by molar-refractivity contribution is 0.330. The summed E-state index contributed by atoms with van der Waals surface area (Å²) in [5, 5.41) is 0. The lowest BCUT2D eigenvalue weighted by atomic mass is 9.98. The van der Waals surface area contributed by atoms with Crippen LogP contribution in [0.4, 0.5) is 0 Å². The van der Waals surface area contributed by atoms with Gasteiger partial charge in [-0.2, -0.15) is 0 Å². The number of hydrogen-bond acceptors (Lipinski definition) is 3. The van der Waals surface area contributed by atoms with Crippen LogP contribution in [0.15, 0.2) is 17.0 Å². The van der Waals surface area contributed by atoms with E-state index in [9.17, 15) is 8.42 Å². The summed E-state index contributed by atoms with van der Waals surface area (Å²) in [4.78, 5) is 0.227. The molecule has 1 rings (SSSR count). The minimum Gasteiger partial charge on any atom is -0.492 e. The molecule has 0 bridgehead atoms. The zero-order chi connectivity index (χ0) is 14.6. The number of aryl methyl sites for hydroxylation is 1. The van der Waals surface area contributed by atoms with Crippen LogP contribution < -0.4 is 9.46 Å². The van der Waals surface area contributed by atoms with Crippen molar-refractivity contribution < 1.29 is 13.2 Å². The lowest BCUT2D eigenvalue weighted by Gasteiger charge is -2.17. The first kappa shape index (κ1) is 16.0. The maximum absolute atomic E-state index is 12.2. The second-order valence-corrected chi connectivity index (χ2v) is 6.48. The normalized spacial score (nSPS) is 11.9. The van der Waals surface area contributed by atoms with Crippen molar-refractivity contribution in [3.05, 3.63) is 23.3 Å². The Kier molecular flexibility index (Phi) is 5.38. The fraction of sp³-hybridized carbons (Fsp3) is 0.571. The van der Waals surface area contributed by atoms with Crippen molar-refractivity contribution in [1.82, 2.24) is 4.72 Å². The van der Waals surface area contributed by atoms with Crippen molar-refractivity contribution in [2.75, 3.05) is 13.2 Å². The van der Waals surface area contributed by atoms with Crippen molar-refractivity contribution >= 4 is 10.0 Å². The van der Waals surface area contributed by atoms with Gasteiger partial charge in [-0.05, 0) is 43.0 Å². The van der Waals surface area contributed by atoms with Gasteiger partial charge >= 0.3 is 0 Å². The summed E-state index contributed by atoms with van der Waals surface area (Å²) < 4.78 is 32.4. The smallest absolute Gasteiger partial charge is 0.244 e. The molecule has 1 aromatic carbocycles. The monoisotopic (exact) mass is 285 g/mol. The third-order valence-electron chi connectivity index (χ3n) is 2.88. The Morgan fingerprint density at radius 2 is 1.89 bits per heavy atom. The molecule has 0 aliphatic rings. The molecule has 19 heavy (non-hydrogen) atoms. The predicted molar refractivity (Wildman–Crippen MR) is 77.3 cm³/mol. The highest BCUT2D eigenvalue weighted by Crippen LogP contribution is 2.31. The third kappa shape index (κ3) is 3.70. The molecule has 0 radical (unpaired) electrons. The van der Waals surface area contributed by atoms with E-state index in [1.165, 1.54) is 0 Å². The molecule has 0 saturated carbocycles. The fourth-order valence-electron chi connectivity index (χ4n) is 2.05. The van der Waals surface area contributed by atoms with Crippen LogP contribution in [0.2, 0.25) is 0 Å². The zero-order valence-electron chi connectivity index (χ0n) is 12.3. The highest BCUT2D eigenvalue weighted by atomic mass is 32.2. The van der Waals surface area contributed by atoms with Crippen LogP contribution in [0.1, 0.15) is 44.7 Å². The minimum absolute atomic E-state index is 0.227. The average molecular weight is 285 g/mol. The lowest BCUT2D eigenvalue weighted by Crippen LogP contribution is -2.24. The van der Waals surface area contributed by atoms with Gasteiger partial charge in [-0.25, -0.2) is 13.1 Å². The van der Waals surface area contributed by atoms with Gasteiger partial charge in [0.1, 0.15) is 10.6 Å². The quantitative estimate of drug-likeness (QED) is 0.874. The Balaban J connectivity index is 3.45. The molecule has 0 amide bonds. The molecule has 0 fully saturated rings. The fourth-order valence-corrected chi connectivity index (χ4v) is 3.25. The molecule has 108 valence electrons. The van der Waals surface area contributed by atoms with E-state index in [1.807, 2.05) is 33.8 Å². The van der Waals surface area contributed by atoms with Gasteiger partial charge in [-0.3, -0.25) is 0 Å². The SMILES string of the molecule is CCNS(=O)(=O)c1cc(C(C)C)c(C)cc1OCC. The second kappa shape index (κ2) is 6.39. The van der Waals surface area contributed by atoms with Gasteiger partial charge in [-0.15, -0.1) is 0 Å². The molecule has 0 saturated heterocycles. The van der Waals surface area contributed by atoms with E-state index >= 15 is 0 Å². The van der Waals surface area contributed by atoms with E-state index in [0.29, 0.717) is 18.9 Å². The molecule has 5 heteroatoms. The second-order valence-electron chi connectivity index (χ2n) is 4.74. The number of ether oxygens (including phenoxy) is 1. The van der Waals surface area contributed by atoms with Gasteiger partial charge in [0, 0.05) is 6.54 Å². The van der Waals surface area contributed by atoms with E-state index in [2.05, 4.69) is 4.72 Å². The number of hydrogen-bond donors (Lipinski definition) is 1. The van der Waals surface area contributed by atoms with Crippen LogP contribution in [-0.2, 0) is 10.0 Å². The standard InChI is InChI=1S/C14H23NO3S/c1-6-15-19(16,17)14-9-12(10(3)4)11(5)8-13(14)18-7-2/h8-10,15H,6-7H2,1-5H3. The summed E-state index contributed by atoms with van der Waals surface area (Å²) in [5.74, 6) is 0.691. The zero-order valence-corrected chi connectivity index (χ0v) is 13.1. The first-order valence-electron chi connectivity index (χ1n) is 6.60. The summed E-state index contributed by atoms with van der Waals surface area (Å²) in [6, 6.07) is 3.53. The van der Waals surface area contributed by atoms with Crippen LogP contribution in [-0.4, -0.2) is 21.6 Å². The third-order valence-corrected chi connectivity index (χ3v) is 4.44. The van der Waals surface area contributed by atoms with E-state index in [1.54, 1.807) is 13.0 Å². The van der Waals surface area contributed by atoms with Crippen molar-refractivity contribution in [3.8, 4) is 5.75 Å². The van der Waals surface area contributed by atoms with Gasteiger partial charge in [0.2, 0.25) is 10.0 Å². The summed E-state index contributed by atoms with van der Waals surface area (Å²) in [6.45, 7) is 10.5. The van der Waals surface area contributed by atoms with Crippen molar-refractivity contribution in [1.29, 1.82) is 0 Å². The Morgan fingerprint density at radius 1 is 1.26 bits per heavy atom. The average Bonchev–Trinajstić information content (AvgIpc) is 2.28. The van der Waals surface area contributed by atoms with Crippen LogP contribution in [0.3, 0.4) is 0 Å². The molecule has 4 nitrogen and oxygen atoms in total. The summed E-state index contributed by atoms with van der Waals surface area (Å²) in [7, 11) is -3.51. The number of nitrogens with one attached hydrogen (secondary N) is 1. The molecule has 0 heterocycles. The van der Waals surface area contributed by atoms with Crippen molar-refractivity contribution in [2.24, 2.45) is 0 Å².